The van der Waals surface area contributed by atoms with Crippen LogP contribution in [0.1, 0.15) is 24.5 Å². The van der Waals surface area contributed by atoms with Crippen molar-refractivity contribution in [2.24, 2.45) is 0 Å². The van der Waals surface area contributed by atoms with Crippen LogP contribution in [0, 0.1) is 0 Å². The van der Waals surface area contributed by atoms with Crippen molar-refractivity contribution in [1.82, 2.24) is 20.1 Å². The van der Waals surface area contributed by atoms with Gasteiger partial charge in [-0.3, -0.25) is 0 Å². The van der Waals surface area contributed by atoms with Crippen molar-refractivity contribution >= 4 is 5.52 Å². The first-order valence-corrected chi connectivity index (χ1v) is 5.46. The van der Waals surface area contributed by atoms with Crippen LogP contribution in [0.5, 0.6) is 0 Å². The standard InChI is InChI=1S/C11H14N4/c1-2-8-15-10(3-1)11(13-14-15)9-4-6-12-7-5-9/h1-3,8-9,12H,4-7H2. The number of aromatic nitrogens is 3. The van der Waals surface area contributed by atoms with E-state index in [1.54, 1.807) is 0 Å². The molecule has 0 amide bonds. The highest BCUT2D eigenvalue weighted by Gasteiger charge is 2.20. The summed E-state index contributed by atoms with van der Waals surface area (Å²) in [5.41, 5.74) is 2.32. The second-order valence-corrected chi connectivity index (χ2v) is 4.03. The van der Waals surface area contributed by atoms with Crippen LogP contribution in [-0.4, -0.2) is 27.9 Å². The van der Waals surface area contributed by atoms with Crippen LogP contribution < -0.4 is 5.32 Å². The predicted octanol–water partition coefficient (Wildman–Crippen LogP) is 1.20. The number of nitrogens with zero attached hydrogens (tertiary/aromatic N) is 3. The average Bonchev–Trinajstić information content (AvgIpc) is 2.74. The summed E-state index contributed by atoms with van der Waals surface area (Å²) in [4.78, 5) is 0. The van der Waals surface area contributed by atoms with E-state index in [2.05, 4.69) is 21.7 Å². The Morgan fingerprint density at radius 3 is 3.00 bits per heavy atom. The molecule has 1 aliphatic rings. The van der Waals surface area contributed by atoms with Crippen molar-refractivity contribution in [2.45, 2.75) is 18.8 Å². The van der Waals surface area contributed by atoms with Gasteiger partial charge in [-0.25, -0.2) is 4.52 Å². The summed E-state index contributed by atoms with van der Waals surface area (Å²) in [5.74, 6) is 0.575. The fourth-order valence-electron chi connectivity index (χ4n) is 2.25. The quantitative estimate of drug-likeness (QED) is 0.755. The lowest BCUT2D eigenvalue weighted by Gasteiger charge is -2.20. The maximum Gasteiger partial charge on any atom is 0.0937 e. The summed E-state index contributed by atoms with van der Waals surface area (Å²) in [7, 11) is 0. The van der Waals surface area contributed by atoms with Gasteiger partial charge in [0.25, 0.3) is 0 Å². The van der Waals surface area contributed by atoms with Gasteiger partial charge in [0, 0.05) is 12.1 Å². The second kappa shape index (κ2) is 3.62. The second-order valence-electron chi connectivity index (χ2n) is 4.03. The maximum absolute atomic E-state index is 4.30. The van der Waals surface area contributed by atoms with Crippen molar-refractivity contribution in [3.63, 3.8) is 0 Å². The van der Waals surface area contributed by atoms with Crippen LogP contribution in [0.4, 0.5) is 0 Å². The third kappa shape index (κ3) is 1.51. The lowest BCUT2D eigenvalue weighted by molar-refractivity contribution is 0.454. The van der Waals surface area contributed by atoms with E-state index in [4.69, 9.17) is 0 Å². The van der Waals surface area contributed by atoms with Crippen LogP contribution in [0.25, 0.3) is 5.52 Å². The number of pyridine rings is 1. The Morgan fingerprint density at radius 1 is 1.27 bits per heavy atom. The lowest BCUT2D eigenvalue weighted by atomic mass is 9.94. The van der Waals surface area contributed by atoms with Gasteiger partial charge >= 0.3 is 0 Å². The topological polar surface area (TPSA) is 42.2 Å². The molecule has 3 rings (SSSR count). The smallest absolute Gasteiger partial charge is 0.0937 e. The Morgan fingerprint density at radius 2 is 2.13 bits per heavy atom. The molecule has 1 saturated heterocycles. The minimum atomic E-state index is 0.575. The van der Waals surface area contributed by atoms with Gasteiger partial charge in [0.1, 0.15) is 0 Å². The molecule has 1 aliphatic heterocycles. The molecule has 78 valence electrons. The van der Waals surface area contributed by atoms with Crippen LogP contribution in [-0.2, 0) is 0 Å². The average molecular weight is 202 g/mol. The summed E-state index contributed by atoms with van der Waals surface area (Å²) in [6.45, 7) is 2.19. The highest BCUT2D eigenvalue weighted by Crippen LogP contribution is 2.26. The normalized spacial score (nSPS) is 18.4. The molecule has 0 unspecified atom stereocenters. The van der Waals surface area contributed by atoms with Crippen molar-refractivity contribution in [2.75, 3.05) is 13.1 Å². The Kier molecular flexibility index (Phi) is 2.14. The van der Waals surface area contributed by atoms with Gasteiger partial charge in [-0.2, -0.15) is 0 Å². The summed E-state index contributed by atoms with van der Waals surface area (Å²) in [5, 5.41) is 11.8. The molecular formula is C11H14N4. The lowest BCUT2D eigenvalue weighted by Crippen LogP contribution is -2.26. The first-order chi connectivity index (χ1) is 7.45. The predicted molar refractivity (Wildman–Crippen MR) is 57.8 cm³/mol. The molecule has 0 atom stereocenters. The number of hydrogen-bond donors (Lipinski definition) is 1. The summed E-state index contributed by atoms with van der Waals surface area (Å²) >= 11 is 0. The summed E-state index contributed by atoms with van der Waals surface area (Å²) in [6.07, 6.45) is 4.29. The molecule has 0 aromatic carbocycles. The summed E-state index contributed by atoms with van der Waals surface area (Å²) < 4.78 is 1.86. The van der Waals surface area contributed by atoms with Crippen molar-refractivity contribution < 1.29 is 0 Å². The number of rotatable bonds is 1. The Labute approximate surface area is 88.3 Å². The Balaban J connectivity index is 2.02. The molecule has 3 heterocycles. The third-order valence-electron chi connectivity index (χ3n) is 3.08. The van der Waals surface area contributed by atoms with Gasteiger partial charge < -0.3 is 5.32 Å². The molecule has 15 heavy (non-hydrogen) atoms. The molecule has 0 bridgehead atoms. The Hall–Kier alpha value is -1.42. The molecule has 4 heteroatoms. The maximum atomic E-state index is 4.30. The van der Waals surface area contributed by atoms with E-state index < -0.39 is 0 Å². The van der Waals surface area contributed by atoms with Crippen LogP contribution in [0.2, 0.25) is 0 Å². The first-order valence-electron chi connectivity index (χ1n) is 5.46. The summed E-state index contributed by atoms with van der Waals surface area (Å²) in [6, 6.07) is 6.12. The van der Waals surface area contributed by atoms with E-state index in [1.807, 2.05) is 22.8 Å². The van der Waals surface area contributed by atoms with Gasteiger partial charge in [0.15, 0.2) is 0 Å². The van der Waals surface area contributed by atoms with Crippen molar-refractivity contribution in [3.8, 4) is 0 Å². The monoisotopic (exact) mass is 202 g/mol. The third-order valence-corrected chi connectivity index (χ3v) is 3.08. The van der Waals surface area contributed by atoms with Crippen LogP contribution in [0.15, 0.2) is 24.4 Å². The molecule has 2 aromatic heterocycles. The van der Waals surface area contributed by atoms with E-state index in [9.17, 15) is 0 Å². The number of piperidine rings is 1. The SMILES string of the molecule is c1ccn2nnc(C3CCNCC3)c2c1. The van der Waals surface area contributed by atoms with Gasteiger partial charge in [-0.15, -0.1) is 5.10 Å². The van der Waals surface area contributed by atoms with E-state index in [0.29, 0.717) is 5.92 Å². The first kappa shape index (κ1) is 8.85. The zero-order chi connectivity index (χ0) is 10.1. The molecule has 0 saturated carbocycles. The fourth-order valence-corrected chi connectivity index (χ4v) is 2.25. The number of hydrogen-bond acceptors (Lipinski definition) is 3. The fraction of sp³-hybridized carbons (Fsp3) is 0.455. The van der Waals surface area contributed by atoms with E-state index >= 15 is 0 Å². The number of fused-ring (bicyclic) bond motifs is 1. The molecule has 1 fully saturated rings. The molecule has 1 N–H and O–H groups in total. The minimum Gasteiger partial charge on any atom is -0.317 e. The largest absolute Gasteiger partial charge is 0.317 e. The van der Waals surface area contributed by atoms with Crippen LogP contribution in [0.3, 0.4) is 0 Å². The molecule has 4 nitrogen and oxygen atoms in total. The molecule has 2 aromatic rings. The van der Waals surface area contributed by atoms with Gasteiger partial charge in [-0.05, 0) is 38.1 Å². The minimum absolute atomic E-state index is 0.575. The van der Waals surface area contributed by atoms with Crippen LogP contribution >= 0.6 is 0 Å². The zero-order valence-corrected chi connectivity index (χ0v) is 8.56. The van der Waals surface area contributed by atoms with Gasteiger partial charge in [0.05, 0.1) is 11.2 Å². The molecule has 0 aliphatic carbocycles. The van der Waals surface area contributed by atoms with Crippen molar-refractivity contribution in [3.05, 3.63) is 30.1 Å². The molecular weight excluding hydrogens is 188 g/mol. The highest BCUT2D eigenvalue weighted by atomic mass is 15.4. The van der Waals surface area contributed by atoms with E-state index in [0.717, 1.165) is 24.3 Å². The Bertz CT molecular complexity index is 456. The molecule has 0 spiro atoms. The number of nitrogens with one attached hydrogen (secondary N) is 1. The van der Waals surface area contributed by atoms with Gasteiger partial charge in [-0.1, -0.05) is 11.3 Å². The highest BCUT2D eigenvalue weighted by molar-refractivity contribution is 5.51. The molecule has 0 radical (unpaired) electrons. The van der Waals surface area contributed by atoms with E-state index in [-0.39, 0.29) is 0 Å². The van der Waals surface area contributed by atoms with Gasteiger partial charge in [0.2, 0.25) is 0 Å². The van der Waals surface area contributed by atoms with Crippen molar-refractivity contribution in [1.29, 1.82) is 0 Å². The zero-order valence-electron chi connectivity index (χ0n) is 8.56. The van der Waals surface area contributed by atoms with E-state index in [1.165, 1.54) is 12.8 Å².